The maximum Gasteiger partial charge on any atom is 0.224 e. The minimum Gasteiger partial charge on any atom is -0.367 e. The van der Waals surface area contributed by atoms with Crippen molar-refractivity contribution in [2.24, 2.45) is 11.8 Å². The molecule has 0 spiro atoms. The predicted octanol–water partition coefficient (Wildman–Crippen LogP) is 8.55. The molecular formula is C30H36Cl2N6. The van der Waals surface area contributed by atoms with Crippen LogP contribution in [0.15, 0.2) is 48.5 Å². The summed E-state index contributed by atoms with van der Waals surface area (Å²) in [5.74, 6) is 3.44. The molecule has 2 aliphatic carbocycles. The normalized spacial score (nSPS) is 23.5. The van der Waals surface area contributed by atoms with Gasteiger partial charge in [0.05, 0.1) is 11.0 Å². The number of fused-ring (bicyclic) bond motifs is 2. The average molecular weight is 552 g/mol. The third-order valence-corrected chi connectivity index (χ3v) is 8.20. The maximum absolute atomic E-state index is 6.00. The minimum absolute atomic E-state index is 0.311. The van der Waals surface area contributed by atoms with Gasteiger partial charge in [-0.15, -0.1) is 0 Å². The smallest absolute Gasteiger partial charge is 0.224 e. The molecule has 0 saturated heterocycles. The number of nitrogens with one attached hydrogen (secondary N) is 2. The van der Waals surface area contributed by atoms with E-state index >= 15 is 0 Å². The van der Waals surface area contributed by atoms with Crippen molar-refractivity contribution in [3.8, 4) is 0 Å². The standard InChI is InChI=1S/2C15H18ClN3/c2*1-10-6-8-11(9-7-10)17-14-12-4-2-3-5-13(12)18-15(16)19-14/h2*2-5,10-11H,6-9H2,1H3,(H,17,18,19). The third-order valence-electron chi connectivity index (χ3n) is 7.87. The molecule has 2 N–H and O–H groups in total. The summed E-state index contributed by atoms with van der Waals surface area (Å²) in [6, 6.07) is 17.0. The molecule has 38 heavy (non-hydrogen) atoms. The fourth-order valence-corrected chi connectivity index (χ4v) is 5.86. The van der Waals surface area contributed by atoms with E-state index in [-0.39, 0.29) is 0 Å². The van der Waals surface area contributed by atoms with Crippen molar-refractivity contribution in [1.29, 1.82) is 0 Å². The number of anilines is 2. The molecule has 0 atom stereocenters. The number of hydrogen-bond acceptors (Lipinski definition) is 6. The van der Waals surface area contributed by atoms with Crippen molar-refractivity contribution in [2.75, 3.05) is 10.6 Å². The van der Waals surface area contributed by atoms with Crippen molar-refractivity contribution in [2.45, 2.75) is 77.3 Å². The van der Waals surface area contributed by atoms with Gasteiger partial charge in [0.25, 0.3) is 0 Å². The zero-order chi connectivity index (χ0) is 26.5. The van der Waals surface area contributed by atoms with E-state index in [1.54, 1.807) is 0 Å². The molecule has 200 valence electrons. The molecule has 0 amide bonds. The van der Waals surface area contributed by atoms with Crippen molar-refractivity contribution >= 4 is 56.6 Å². The van der Waals surface area contributed by atoms with E-state index in [9.17, 15) is 0 Å². The molecular weight excluding hydrogens is 515 g/mol. The van der Waals surface area contributed by atoms with Crippen molar-refractivity contribution in [3.05, 3.63) is 59.1 Å². The first-order chi connectivity index (χ1) is 18.4. The van der Waals surface area contributed by atoms with Gasteiger partial charge in [-0.1, -0.05) is 38.1 Å². The summed E-state index contributed by atoms with van der Waals surface area (Å²) in [6.07, 6.45) is 9.97. The summed E-state index contributed by atoms with van der Waals surface area (Å²) in [5, 5.41) is 9.81. The van der Waals surface area contributed by atoms with Crippen molar-refractivity contribution < 1.29 is 0 Å². The summed E-state index contributed by atoms with van der Waals surface area (Å²) in [4.78, 5) is 17.2. The van der Waals surface area contributed by atoms with Crippen LogP contribution in [0.1, 0.15) is 65.2 Å². The topological polar surface area (TPSA) is 75.6 Å². The number of rotatable bonds is 4. The molecule has 2 aliphatic rings. The second-order valence-electron chi connectivity index (χ2n) is 10.9. The molecule has 0 radical (unpaired) electrons. The number of nitrogens with zero attached hydrogens (tertiary/aromatic N) is 4. The van der Waals surface area contributed by atoms with Gasteiger partial charge >= 0.3 is 0 Å². The first-order valence-electron chi connectivity index (χ1n) is 13.8. The van der Waals surface area contributed by atoms with Gasteiger partial charge in [0, 0.05) is 22.9 Å². The Balaban J connectivity index is 0.000000155. The van der Waals surface area contributed by atoms with Gasteiger partial charge in [0.2, 0.25) is 10.6 Å². The molecule has 6 nitrogen and oxygen atoms in total. The Morgan fingerprint density at radius 1 is 0.553 bits per heavy atom. The van der Waals surface area contributed by atoms with Crippen LogP contribution in [0.5, 0.6) is 0 Å². The molecule has 0 unspecified atom stereocenters. The molecule has 0 bridgehead atoms. The second kappa shape index (κ2) is 12.4. The number of aromatic nitrogens is 4. The van der Waals surface area contributed by atoms with E-state index in [0.717, 1.165) is 45.3 Å². The lowest BCUT2D eigenvalue weighted by atomic mass is 9.87. The average Bonchev–Trinajstić information content (AvgIpc) is 2.91. The number of para-hydroxylation sites is 2. The van der Waals surface area contributed by atoms with Crippen LogP contribution in [0, 0.1) is 11.8 Å². The highest BCUT2D eigenvalue weighted by atomic mass is 35.5. The maximum atomic E-state index is 6.00. The Bertz CT molecular complexity index is 1260. The Kier molecular flexibility index (Phi) is 8.80. The Morgan fingerprint density at radius 3 is 1.32 bits per heavy atom. The van der Waals surface area contributed by atoms with Gasteiger partial charge in [-0.3, -0.25) is 0 Å². The summed E-state index contributed by atoms with van der Waals surface area (Å²) >= 11 is 12.0. The van der Waals surface area contributed by atoms with Gasteiger partial charge in [0.15, 0.2) is 0 Å². The lowest BCUT2D eigenvalue weighted by Gasteiger charge is -2.27. The number of halogens is 2. The van der Waals surface area contributed by atoms with Crippen LogP contribution >= 0.6 is 23.2 Å². The highest BCUT2D eigenvalue weighted by Gasteiger charge is 2.20. The molecule has 2 aromatic carbocycles. The fraction of sp³-hybridized carbons (Fsp3) is 0.467. The van der Waals surface area contributed by atoms with Crippen LogP contribution in [-0.4, -0.2) is 32.0 Å². The first kappa shape index (κ1) is 26.9. The molecule has 2 aromatic heterocycles. The van der Waals surface area contributed by atoms with E-state index in [4.69, 9.17) is 23.2 Å². The molecule has 2 saturated carbocycles. The van der Waals surface area contributed by atoms with E-state index in [1.807, 2.05) is 48.5 Å². The fourth-order valence-electron chi connectivity index (χ4n) is 5.51. The molecule has 4 aromatic rings. The summed E-state index contributed by atoms with van der Waals surface area (Å²) in [5.41, 5.74) is 1.79. The van der Waals surface area contributed by atoms with E-state index in [1.165, 1.54) is 51.4 Å². The first-order valence-corrected chi connectivity index (χ1v) is 14.6. The van der Waals surface area contributed by atoms with Crippen LogP contribution in [0.4, 0.5) is 11.6 Å². The Hall–Kier alpha value is -2.70. The predicted molar refractivity (Wildman–Crippen MR) is 159 cm³/mol. The van der Waals surface area contributed by atoms with Gasteiger partial charge in [-0.05, 0) is 111 Å². The zero-order valence-corrected chi connectivity index (χ0v) is 23.6. The van der Waals surface area contributed by atoms with E-state index in [2.05, 4.69) is 44.4 Å². The van der Waals surface area contributed by atoms with Crippen LogP contribution in [0.2, 0.25) is 10.6 Å². The van der Waals surface area contributed by atoms with Crippen LogP contribution < -0.4 is 10.6 Å². The van der Waals surface area contributed by atoms with Crippen molar-refractivity contribution in [3.63, 3.8) is 0 Å². The third kappa shape index (κ3) is 6.83. The monoisotopic (exact) mass is 550 g/mol. The quantitative estimate of drug-likeness (QED) is 0.248. The van der Waals surface area contributed by atoms with Gasteiger partial charge in [-0.2, -0.15) is 0 Å². The largest absolute Gasteiger partial charge is 0.367 e. The molecule has 2 fully saturated rings. The van der Waals surface area contributed by atoms with Crippen molar-refractivity contribution in [1.82, 2.24) is 19.9 Å². The van der Waals surface area contributed by atoms with E-state index < -0.39 is 0 Å². The summed E-state index contributed by atoms with van der Waals surface area (Å²) in [6.45, 7) is 4.65. The lowest BCUT2D eigenvalue weighted by Crippen LogP contribution is -2.25. The molecule has 0 aliphatic heterocycles. The molecule has 8 heteroatoms. The number of hydrogen-bond donors (Lipinski definition) is 2. The second-order valence-corrected chi connectivity index (χ2v) is 11.6. The van der Waals surface area contributed by atoms with Gasteiger partial charge in [-0.25, -0.2) is 19.9 Å². The number of benzene rings is 2. The Labute approximate surface area is 235 Å². The highest BCUT2D eigenvalue weighted by molar-refractivity contribution is 6.29. The summed E-state index contributed by atoms with van der Waals surface area (Å²) < 4.78 is 0. The van der Waals surface area contributed by atoms with Gasteiger partial charge < -0.3 is 10.6 Å². The molecule has 2 heterocycles. The lowest BCUT2D eigenvalue weighted by molar-refractivity contribution is 0.361. The van der Waals surface area contributed by atoms with E-state index in [0.29, 0.717) is 22.7 Å². The Morgan fingerprint density at radius 2 is 0.921 bits per heavy atom. The molecule has 6 rings (SSSR count). The highest BCUT2D eigenvalue weighted by Crippen LogP contribution is 2.30. The zero-order valence-electron chi connectivity index (χ0n) is 22.1. The van der Waals surface area contributed by atoms with Crippen LogP contribution in [0.25, 0.3) is 21.8 Å². The van der Waals surface area contributed by atoms with Crippen LogP contribution in [-0.2, 0) is 0 Å². The van der Waals surface area contributed by atoms with Crippen LogP contribution in [0.3, 0.4) is 0 Å². The summed E-state index contributed by atoms with van der Waals surface area (Å²) in [7, 11) is 0. The van der Waals surface area contributed by atoms with Gasteiger partial charge in [0.1, 0.15) is 11.6 Å². The SMILES string of the molecule is CC1CCC(Nc2nc(Cl)nc3ccccc23)CC1.CC1CCC(Nc2nc(Cl)nc3ccccc23)CC1. The minimum atomic E-state index is 0.311.